The van der Waals surface area contributed by atoms with Gasteiger partial charge in [0.05, 0.1) is 24.9 Å². The summed E-state index contributed by atoms with van der Waals surface area (Å²) >= 11 is 0. The molecule has 0 aromatic carbocycles. The molecule has 3 rings (SSSR count). The van der Waals surface area contributed by atoms with Gasteiger partial charge in [-0.3, -0.25) is 0 Å². The number of hydrogen-bond acceptors (Lipinski definition) is 4. The molecule has 0 bridgehead atoms. The summed E-state index contributed by atoms with van der Waals surface area (Å²) in [6, 6.07) is -0.00708. The Kier molecular flexibility index (Phi) is 2.91. The van der Waals surface area contributed by atoms with Gasteiger partial charge in [0.2, 0.25) is 0 Å². The molecule has 100 valence electrons. The molecule has 0 radical (unpaired) electrons. The summed E-state index contributed by atoms with van der Waals surface area (Å²) in [6.45, 7) is 2.66. The lowest BCUT2D eigenvalue weighted by Gasteiger charge is -2.36. The zero-order valence-electron chi connectivity index (χ0n) is 10.3. The summed E-state index contributed by atoms with van der Waals surface area (Å²) in [4.78, 5) is 6.78. The number of sulfonamides is 1. The number of aryl methyl sites for hydroxylation is 1. The SMILES string of the molecule is Cc1ncc(S(=O)(=O)N2CCOC3CCCC32)[nH]1. The number of hydrogen-bond donors (Lipinski definition) is 1. The van der Waals surface area contributed by atoms with Crippen LogP contribution < -0.4 is 0 Å². The summed E-state index contributed by atoms with van der Waals surface area (Å²) in [5.41, 5.74) is 0. The van der Waals surface area contributed by atoms with Crippen molar-refractivity contribution in [3.8, 4) is 0 Å². The largest absolute Gasteiger partial charge is 0.375 e. The van der Waals surface area contributed by atoms with E-state index in [-0.39, 0.29) is 17.2 Å². The molecule has 2 heterocycles. The van der Waals surface area contributed by atoms with Crippen LogP contribution in [0.15, 0.2) is 11.2 Å². The maximum atomic E-state index is 12.5. The Morgan fingerprint density at radius 3 is 3.06 bits per heavy atom. The van der Waals surface area contributed by atoms with Crippen LogP contribution in [0.2, 0.25) is 0 Å². The Bertz CT molecular complexity index is 539. The highest BCUT2D eigenvalue weighted by molar-refractivity contribution is 7.89. The smallest absolute Gasteiger partial charge is 0.260 e. The Balaban J connectivity index is 1.93. The number of imidazole rings is 1. The van der Waals surface area contributed by atoms with E-state index >= 15 is 0 Å². The van der Waals surface area contributed by atoms with Crippen LogP contribution in [0.25, 0.3) is 0 Å². The lowest BCUT2D eigenvalue weighted by atomic mass is 10.2. The topological polar surface area (TPSA) is 75.3 Å². The summed E-state index contributed by atoms with van der Waals surface area (Å²) in [7, 11) is -3.46. The van der Waals surface area contributed by atoms with E-state index in [9.17, 15) is 8.42 Å². The lowest BCUT2D eigenvalue weighted by Crippen LogP contribution is -2.51. The third kappa shape index (κ3) is 1.86. The number of rotatable bonds is 2. The Hall–Kier alpha value is -0.920. The van der Waals surface area contributed by atoms with Crippen molar-refractivity contribution < 1.29 is 13.2 Å². The van der Waals surface area contributed by atoms with E-state index < -0.39 is 10.0 Å². The van der Waals surface area contributed by atoms with Crippen molar-refractivity contribution in [1.82, 2.24) is 14.3 Å². The van der Waals surface area contributed by atoms with Gasteiger partial charge in [0.25, 0.3) is 10.0 Å². The van der Waals surface area contributed by atoms with Crippen molar-refractivity contribution in [2.24, 2.45) is 0 Å². The van der Waals surface area contributed by atoms with Crippen LogP contribution in [0.4, 0.5) is 0 Å². The molecule has 6 nitrogen and oxygen atoms in total. The first-order valence-electron chi connectivity index (χ1n) is 6.24. The number of morpholine rings is 1. The molecule has 1 aliphatic carbocycles. The van der Waals surface area contributed by atoms with Gasteiger partial charge in [-0.1, -0.05) is 0 Å². The molecular weight excluding hydrogens is 254 g/mol. The fourth-order valence-corrected chi connectivity index (χ4v) is 4.47. The molecule has 2 atom stereocenters. The molecule has 2 aliphatic rings. The van der Waals surface area contributed by atoms with Crippen molar-refractivity contribution >= 4 is 10.0 Å². The minimum atomic E-state index is -3.46. The second-order valence-corrected chi connectivity index (χ2v) is 6.72. The quantitative estimate of drug-likeness (QED) is 0.857. The first-order valence-corrected chi connectivity index (χ1v) is 7.68. The average molecular weight is 271 g/mol. The molecule has 1 saturated heterocycles. The van der Waals surface area contributed by atoms with Gasteiger partial charge >= 0.3 is 0 Å². The zero-order chi connectivity index (χ0) is 12.8. The third-order valence-corrected chi connectivity index (χ3v) is 5.53. The van der Waals surface area contributed by atoms with Crippen LogP contribution in [0.1, 0.15) is 25.1 Å². The molecule has 7 heteroatoms. The zero-order valence-corrected chi connectivity index (χ0v) is 11.1. The summed E-state index contributed by atoms with van der Waals surface area (Å²) < 4.78 is 32.3. The van der Waals surface area contributed by atoms with E-state index in [1.807, 2.05) is 0 Å². The molecule has 1 aromatic rings. The second-order valence-electron chi connectivity index (χ2n) is 4.86. The summed E-state index contributed by atoms with van der Waals surface area (Å²) in [5, 5.41) is 0.188. The Labute approximate surface area is 106 Å². The molecule has 1 aromatic heterocycles. The molecule has 2 unspecified atom stereocenters. The van der Waals surface area contributed by atoms with E-state index in [1.165, 1.54) is 6.20 Å². The van der Waals surface area contributed by atoms with Crippen molar-refractivity contribution in [2.75, 3.05) is 13.2 Å². The molecular formula is C11H17N3O3S. The minimum Gasteiger partial charge on any atom is -0.375 e. The van der Waals surface area contributed by atoms with Gasteiger partial charge in [0, 0.05) is 6.54 Å². The maximum absolute atomic E-state index is 12.5. The predicted octanol–water partition coefficient (Wildman–Crippen LogP) is 0.660. The van der Waals surface area contributed by atoms with Gasteiger partial charge in [0.15, 0.2) is 5.03 Å². The highest BCUT2D eigenvalue weighted by Crippen LogP contribution is 2.32. The monoisotopic (exact) mass is 271 g/mol. The number of ether oxygens (including phenoxy) is 1. The number of aromatic amines is 1. The van der Waals surface area contributed by atoms with Gasteiger partial charge in [-0.25, -0.2) is 13.4 Å². The first-order chi connectivity index (χ1) is 8.59. The van der Waals surface area contributed by atoms with E-state index in [0.717, 1.165) is 19.3 Å². The number of aromatic nitrogens is 2. The van der Waals surface area contributed by atoms with Crippen molar-refractivity contribution in [1.29, 1.82) is 0 Å². The van der Waals surface area contributed by atoms with Crippen LogP contribution in [-0.4, -0.2) is 48.0 Å². The van der Waals surface area contributed by atoms with E-state index in [1.54, 1.807) is 11.2 Å². The van der Waals surface area contributed by atoms with Crippen molar-refractivity contribution in [3.05, 3.63) is 12.0 Å². The van der Waals surface area contributed by atoms with E-state index in [0.29, 0.717) is 19.0 Å². The normalized spacial score (nSPS) is 29.4. The predicted molar refractivity (Wildman–Crippen MR) is 64.6 cm³/mol. The molecule has 0 spiro atoms. The molecule has 18 heavy (non-hydrogen) atoms. The van der Waals surface area contributed by atoms with E-state index in [4.69, 9.17) is 4.74 Å². The highest BCUT2D eigenvalue weighted by Gasteiger charge is 2.42. The summed E-state index contributed by atoms with van der Waals surface area (Å²) in [6.07, 6.45) is 4.33. The molecule has 1 saturated carbocycles. The molecule has 0 amide bonds. The minimum absolute atomic E-state index is 0.00708. The summed E-state index contributed by atoms with van der Waals surface area (Å²) in [5.74, 6) is 0.616. The van der Waals surface area contributed by atoms with Crippen LogP contribution in [-0.2, 0) is 14.8 Å². The second kappa shape index (κ2) is 4.32. The van der Waals surface area contributed by atoms with E-state index in [2.05, 4.69) is 9.97 Å². The number of fused-ring (bicyclic) bond motifs is 1. The van der Waals surface area contributed by atoms with Crippen molar-refractivity contribution in [3.63, 3.8) is 0 Å². The van der Waals surface area contributed by atoms with Crippen LogP contribution in [0.5, 0.6) is 0 Å². The fourth-order valence-electron chi connectivity index (χ4n) is 2.84. The number of nitrogens with zero attached hydrogens (tertiary/aromatic N) is 2. The van der Waals surface area contributed by atoms with Crippen LogP contribution in [0, 0.1) is 6.92 Å². The fraction of sp³-hybridized carbons (Fsp3) is 0.727. The lowest BCUT2D eigenvalue weighted by molar-refractivity contribution is -0.0242. The number of H-pyrrole nitrogens is 1. The number of nitrogens with one attached hydrogen (secondary N) is 1. The standard InChI is InChI=1S/C11H17N3O3S/c1-8-12-7-11(13-8)18(15,16)14-5-6-17-10-4-2-3-9(10)14/h7,9-10H,2-6H2,1H3,(H,12,13). The highest BCUT2D eigenvalue weighted by atomic mass is 32.2. The third-order valence-electron chi connectivity index (χ3n) is 3.70. The Morgan fingerprint density at radius 2 is 2.33 bits per heavy atom. The van der Waals surface area contributed by atoms with Gasteiger partial charge in [-0.05, 0) is 26.2 Å². The molecule has 1 aliphatic heterocycles. The van der Waals surface area contributed by atoms with Crippen LogP contribution >= 0.6 is 0 Å². The van der Waals surface area contributed by atoms with Crippen LogP contribution in [0.3, 0.4) is 0 Å². The van der Waals surface area contributed by atoms with Gasteiger partial charge in [-0.15, -0.1) is 0 Å². The first kappa shape index (κ1) is 12.1. The molecule has 1 N–H and O–H groups in total. The average Bonchev–Trinajstić information content (AvgIpc) is 2.96. The maximum Gasteiger partial charge on any atom is 0.260 e. The Morgan fingerprint density at radius 1 is 1.50 bits per heavy atom. The van der Waals surface area contributed by atoms with Gasteiger partial charge < -0.3 is 9.72 Å². The molecule has 2 fully saturated rings. The van der Waals surface area contributed by atoms with Gasteiger partial charge in [0.1, 0.15) is 5.82 Å². The van der Waals surface area contributed by atoms with Gasteiger partial charge in [-0.2, -0.15) is 4.31 Å². The van der Waals surface area contributed by atoms with Crippen molar-refractivity contribution in [2.45, 2.75) is 43.4 Å².